The fourth-order valence-electron chi connectivity index (χ4n) is 5.17. The maximum Gasteiger partial charge on any atom is 0.327 e. The van der Waals surface area contributed by atoms with Gasteiger partial charge >= 0.3 is 5.97 Å². The first-order chi connectivity index (χ1) is 16.9. The lowest BCUT2D eigenvalue weighted by Crippen LogP contribution is -2.39. The van der Waals surface area contributed by atoms with Crippen molar-refractivity contribution in [2.45, 2.75) is 91.4 Å². The SMILES string of the molecule is CCCC(c1nnnn1CC(=O)OCC)N(Cc1cc2cc(C)c(C)cc2[nH]c1=O)C1CCCC1. The van der Waals surface area contributed by atoms with E-state index in [-0.39, 0.29) is 24.1 Å². The van der Waals surface area contributed by atoms with Crippen LogP contribution in [0.5, 0.6) is 0 Å². The van der Waals surface area contributed by atoms with Gasteiger partial charge < -0.3 is 9.72 Å². The van der Waals surface area contributed by atoms with E-state index in [1.165, 1.54) is 18.4 Å². The zero-order valence-electron chi connectivity index (χ0n) is 21.2. The first kappa shape index (κ1) is 25.0. The summed E-state index contributed by atoms with van der Waals surface area (Å²) in [5, 5.41) is 13.4. The summed E-state index contributed by atoms with van der Waals surface area (Å²) in [6, 6.07) is 6.41. The number of aromatic amines is 1. The number of esters is 1. The number of hydrogen-bond acceptors (Lipinski definition) is 7. The second kappa shape index (κ2) is 11.1. The number of nitrogens with one attached hydrogen (secondary N) is 1. The van der Waals surface area contributed by atoms with Gasteiger partial charge in [0.1, 0.15) is 6.54 Å². The molecule has 1 fully saturated rings. The number of carbonyl (C=O) groups excluding carboxylic acids is 1. The minimum Gasteiger partial charge on any atom is -0.465 e. The molecule has 0 radical (unpaired) electrons. The van der Waals surface area contributed by atoms with Gasteiger partial charge in [-0.2, -0.15) is 0 Å². The minimum atomic E-state index is -0.361. The maximum atomic E-state index is 13.1. The Balaban J connectivity index is 1.72. The molecule has 9 nitrogen and oxygen atoms in total. The number of aryl methyl sites for hydroxylation is 2. The molecule has 9 heteroatoms. The van der Waals surface area contributed by atoms with Crippen molar-refractivity contribution in [1.82, 2.24) is 30.1 Å². The molecule has 0 bridgehead atoms. The first-order valence-electron chi connectivity index (χ1n) is 12.7. The molecule has 2 heterocycles. The van der Waals surface area contributed by atoms with Gasteiger partial charge in [-0.1, -0.05) is 26.2 Å². The Morgan fingerprint density at radius 1 is 1.20 bits per heavy atom. The Hall–Kier alpha value is -3.07. The van der Waals surface area contributed by atoms with Gasteiger partial charge in [-0.15, -0.1) is 5.10 Å². The second-order valence-corrected chi connectivity index (χ2v) is 9.56. The van der Waals surface area contributed by atoms with Gasteiger partial charge in [0.2, 0.25) is 0 Å². The van der Waals surface area contributed by atoms with Gasteiger partial charge in [0.25, 0.3) is 5.56 Å². The predicted octanol–water partition coefficient (Wildman–Crippen LogP) is 3.98. The molecule has 0 saturated heterocycles. The Kier molecular flexibility index (Phi) is 7.95. The van der Waals surface area contributed by atoms with Crippen LogP contribution in [0, 0.1) is 13.8 Å². The molecular formula is C26H36N6O3. The number of nitrogens with zero attached hydrogens (tertiary/aromatic N) is 5. The van der Waals surface area contributed by atoms with Crippen molar-refractivity contribution in [3.63, 3.8) is 0 Å². The van der Waals surface area contributed by atoms with Gasteiger partial charge in [0.15, 0.2) is 5.82 Å². The Morgan fingerprint density at radius 2 is 1.94 bits per heavy atom. The van der Waals surface area contributed by atoms with E-state index in [0.29, 0.717) is 25.0 Å². The Morgan fingerprint density at radius 3 is 2.66 bits per heavy atom. The van der Waals surface area contributed by atoms with Crippen LogP contribution in [0.15, 0.2) is 23.0 Å². The van der Waals surface area contributed by atoms with E-state index in [0.717, 1.165) is 47.7 Å². The number of benzene rings is 1. The lowest BCUT2D eigenvalue weighted by atomic mass is 10.0. The van der Waals surface area contributed by atoms with Crippen molar-refractivity contribution in [1.29, 1.82) is 0 Å². The Bertz CT molecular complexity index is 1230. The maximum absolute atomic E-state index is 13.1. The number of rotatable bonds is 10. The van der Waals surface area contributed by atoms with E-state index in [9.17, 15) is 9.59 Å². The molecule has 1 aliphatic carbocycles. The van der Waals surface area contributed by atoms with Crippen molar-refractivity contribution in [2.75, 3.05) is 6.61 Å². The van der Waals surface area contributed by atoms with E-state index in [1.807, 2.05) is 12.1 Å². The minimum absolute atomic E-state index is 0.0237. The van der Waals surface area contributed by atoms with Crippen molar-refractivity contribution in [3.05, 3.63) is 51.1 Å². The number of aromatic nitrogens is 5. The summed E-state index contributed by atoms with van der Waals surface area (Å²) in [5.41, 5.74) is 3.89. The summed E-state index contributed by atoms with van der Waals surface area (Å²) in [7, 11) is 0. The monoisotopic (exact) mass is 480 g/mol. The molecule has 1 aromatic carbocycles. The van der Waals surface area contributed by atoms with Crippen LogP contribution in [0.4, 0.5) is 0 Å². The molecule has 3 aromatic rings. The number of fused-ring (bicyclic) bond motifs is 1. The van der Waals surface area contributed by atoms with Gasteiger partial charge in [0.05, 0.1) is 12.6 Å². The normalized spacial score (nSPS) is 15.2. The lowest BCUT2D eigenvalue weighted by Gasteiger charge is -2.35. The van der Waals surface area contributed by atoms with E-state index >= 15 is 0 Å². The second-order valence-electron chi connectivity index (χ2n) is 9.56. The van der Waals surface area contributed by atoms with Crippen LogP contribution in [0.25, 0.3) is 10.9 Å². The number of hydrogen-bond donors (Lipinski definition) is 1. The highest BCUT2D eigenvalue weighted by atomic mass is 16.5. The van der Waals surface area contributed by atoms with E-state index in [1.54, 1.807) is 11.6 Å². The molecule has 1 aliphatic rings. The van der Waals surface area contributed by atoms with Crippen molar-refractivity contribution < 1.29 is 9.53 Å². The highest BCUT2D eigenvalue weighted by molar-refractivity contribution is 5.80. The number of ether oxygens (including phenoxy) is 1. The van der Waals surface area contributed by atoms with E-state index < -0.39 is 0 Å². The van der Waals surface area contributed by atoms with Gasteiger partial charge in [-0.05, 0) is 85.2 Å². The zero-order valence-corrected chi connectivity index (χ0v) is 21.2. The summed E-state index contributed by atoms with van der Waals surface area (Å²) in [4.78, 5) is 30.8. The highest BCUT2D eigenvalue weighted by Crippen LogP contribution is 2.34. The smallest absolute Gasteiger partial charge is 0.327 e. The number of H-pyrrole nitrogens is 1. The molecule has 35 heavy (non-hydrogen) atoms. The fraction of sp³-hybridized carbons (Fsp3) is 0.577. The van der Waals surface area contributed by atoms with Crippen LogP contribution in [0.3, 0.4) is 0 Å². The molecular weight excluding hydrogens is 444 g/mol. The summed E-state index contributed by atoms with van der Waals surface area (Å²) in [5.74, 6) is 0.288. The van der Waals surface area contributed by atoms with Crippen LogP contribution in [-0.2, 0) is 22.6 Å². The quantitative estimate of drug-likeness (QED) is 0.438. The summed E-state index contributed by atoms with van der Waals surface area (Å²) >= 11 is 0. The summed E-state index contributed by atoms with van der Waals surface area (Å²) < 4.78 is 6.68. The third-order valence-corrected chi connectivity index (χ3v) is 7.09. The summed E-state index contributed by atoms with van der Waals surface area (Å²) in [6.45, 7) is 8.84. The van der Waals surface area contributed by atoms with Crippen molar-refractivity contribution in [2.24, 2.45) is 0 Å². The Labute approximate surface area is 205 Å². The van der Waals surface area contributed by atoms with Crippen LogP contribution in [0.2, 0.25) is 0 Å². The van der Waals surface area contributed by atoms with Crippen LogP contribution < -0.4 is 5.56 Å². The zero-order chi connectivity index (χ0) is 24.9. The van der Waals surface area contributed by atoms with Crippen molar-refractivity contribution in [3.8, 4) is 0 Å². The third-order valence-electron chi connectivity index (χ3n) is 7.09. The van der Waals surface area contributed by atoms with Gasteiger partial charge in [-0.25, -0.2) is 4.68 Å². The molecule has 2 aromatic heterocycles. The fourth-order valence-corrected chi connectivity index (χ4v) is 5.17. The molecule has 0 aliphatic heterocycles. The van der Waals surface area contributed by atoms with Gasteiger partial charge in [0, 0.05) is 23.7 Å². The predicted molar refractivity (Wildman–Crippen MR) is 134 cm³/mol. The average molecular weight is 481 g/mol. The molecule has 1 unspecified atom stereocenters. The van der Waals surface area contributed by atoms with Crippen LogP contribution in [0.1, 0.15) is 80.9 Å². The third kappa shape index (κ3) is 5.61. The van der Waals surface area contributed by atoms with Crippen LogP contribution in [-0.4, -0.2) is 48.7 Å². The average Bonchev–Trinajstić information content (AvgIpc) is 3.50. The molecule has 1 atom stereocenters. The molecule has 1 N–H and O–H groups in total. The number of pyridine rings is 1. The van der Waals surface area contributed by atoms with E-state index in [2.05, 4.69) is 52.2 Å². The van der Waals surface area contributed by atoms with E-state index in [4.69, 9.17) is 4.74 Å². The molecule has 0 amide bonds. The highest BCUT2D eigenvalue weighted by Gasteiger charge is 2.33. The van der Waals surface area contributed by atoms with Crippen LogP contribution >= 0.6 is 0 Å². The molecule has 1 saturated carbocycles. The molecule has 188 valence electrons. The number of carbonyl (C=O) groups is 1. The first-order valence-corrected chi connectivity index (χ1v) is 12.7. The topological polar surface area (TPSA) is 106 Å². The number of tetrazole rings is 1. The lowest BCUT2D eigenvalue weighted by molar-refractivity contribution is -0.144. The van der Waals surface area contributed by atoms with Gasteiger partial charge in [-0.3, -0.25) is 14.5 Å². The standard InChI is InChI=1S/C26H36N6O3/c1-5-9-23(25-28-29-30-32(25)16-24(33)35-6-2)31(21-10-7-8-11-21)15-20-14-19-12-17(3)18(4)13-22(19)27-26(20)34/h12-14,21,23H,5-11,15-16H2,1-4H3,(H,27,34). The summed E-state index contributed by atoms with van der Waals surface area (Å²) in [6.07, 6.45) is 6.23. The largest absolute Gasteiger partial charge is 0.465 e. The molecule has 4 rings (SSSR count). The molecule has 0 spiro atoms. The van der Waals surface area contributed by atoms with Crippen molar-refractivity contribution >= 4 is 16.9 Å².